The number of methoxy groups -OCH3 is 1. The third-order valence-corrected chi connectivity index (χ3v) is 3.17. The molecule has 0 amide bonds. The van der Waals surface area contributed by atoms with Crippen LogP contribution in [0.15, 0.2) is 5.38 Å². The SMILES string of the molecule is COCCN(CCBr)c1nc(C)cs1. The Balaban J connectivity index is 2.57. The number of aryl methyl sites for hydroxylation is 1. The standard InChI is InChI=1S/C9H15BrN2OS/c1-8-7-14-9(11-8)12(4-3-10)5-6-13-2/h7H,3-6H2,1-2H3. The number of nitrogens with zero attached hydrogens (tertiary/aromatic N) is 2. The minimum atomic E-state index is 0.742. The van der Waals surface area contributed by atoms with Crippen LogP contribution < -0.4 is 4.90 Å². The second kappa shape index (κ2) is 6.37. The van der Waals surface area contributed by atoms with E-state index in [-0.39, 0.29) is 0 Å². The molecule has 14 heavy (non-hydrogen) atoms. The number of aromatic nitrogens is 1. The molecule has 0 saturated carbocycles. The van der Waals surface area contributed by atoms with E-state index in [4.69, 9.17) is 4.74 Å². The molecule has 0 unspecified atom stereocenters. The highest BCUT2D eigenvalue weighted by atomic mass is 79.9. The molecule has 0 fully saturated rings. The van der Waals surface area contributed by atoms with Crippen LogP contribution in [0.2, 0.25) is 0 Å². The van der Waals surface area contributed by atoms with Gasteiger partial charge in [-0.2, -0.15) is 0 Å². The number of hydrogen-bond acceptors (Lipinski definition) is 4. The molecule has 0 spiro atoms. The van der Waals surface area contributed by atoms with Crippen LogP contribution in [0.3, 0.4) is 0 Å². The maximum absolute atomic E-state index is 5.07. The van der Waals surface area contributed by atoms with Gasteiger partial charge in [0.2, 0.25) is 0 Å². The van der Waals surface area contributed by atoms with Crippen molar-refractivity contribution in [3.8, 4) is 0 Å². The molecule has 80 valence electrons. The van der Waals surface area contributed by atoms with Gasteiger partial charge < -0.3 is 9.64 Å². The zero-order valence-corrected chi connectivity index (χ0v) is 10.9. The lowest BCUT2D eigenvalue weighted by atomic mass is 10.5. The molecule has 5 heteroatoms. The summed E-state index contributed by atoms with van der Waals surface area (Å²) in [5, 5.41) is 4.11. The van der Waals surface area contributed by atoms with Gasteiger partial charge in [0, 0.05) is 30.9 Å². The average molecular weight is 279 g/mol. The topological polar surface area (TPSA) is 25.4 Å². The molecule has 0 radical (unpaired) electrons. The number of thiazole rings is 1. The van der Waals surface area contributed by atoms with Crippen LogP contribution in [0.1, 0.15) is 5.69 Å². The Bertz CT molecular complexity index is 267. The molecule has 1 aromatic rings. The number of ether oxygens (including phenoxy) is 1. The Hall–Kier alpha value is -0.130. The van der Waals surface area contributed by atoms with Crippen molar-refractivity contribution in [2.75, 3.05) is 37.0 Å². The van der Waals surface area contributed by atoms with Crippen molar-refractivity contribution >= 4 is 32.4 Å². The molecule has 1 rings (SSSR count). The van der Waals surface area contributed by atoms with Crippen LogP contribution in [0, 0.1) is 6.92 Å². The van der Waals surface area contributed by atoms with E-state index < -0.39 is 0 Å². The number of anilines is 1. The van der Waals surface area contributed by atoms with Gasteiger partial charge in [0.25, 0.3) is 0 Å². The van der Waals surface area contributed by atoms with E-state index in [2.05, 4.69) is 31.2 Å². The number of hydrogen-bond donors (Lipinski definition) is 0. The van der Waals surface area contributed by atoms with E-state index in [0.717, 1.165) is 35.9 Å². The molecule has 0 bridgehead atoms. The van der Waals surface area contributed by atoms with E-state index in [1.807, 2.05) is 6.92 Å². The van der Waals surface area contributed by atoms with Crippen LogP contribution in [0.4, 0.5) is 5.13 Å². The van der Waals surface area contributed by atoms with Crippen LogP contribution in [0.5, 0.6) is 0 Å². The molecule has 1 aromatic heterocycles. The fourth-order valence-corrected chi connectivity index (χ4v) is 2.38. The van der Waals surface area contributed by atoms with Crippen molar-refractivity contribution in [2.24, 2.45) is 0 Å². The van der Waals surface area contributed by atoms with E-state index in [1.54, 1.807) is 18.4 Å². The fourth-order valence-electron chi connectivity index (χ4n) is 1.09. The number of alkyl halides is 1. The maximum atomic E-state index is 5.07. The van der Waals surface area contributed by atoms with Gasteiger partial charge in [-0.15, -0.1) is 11.3 Å². The Morgan fingerprint density at radius 2 is 2.36 bits per heavy atom. The molecule has 0 aliphatic heterocycles. The third kappa shape index (κ3) is 3.55. The van der Waals surface area contributed by atoms with Crippen LogP contribution in [-0.4, -0.2) is 37.1 Å². The minimum absolute atomic E-state index is 0.742. The average Bonchev–Trinajstić information content (AvgIpc) is 2.59. The van der Waals surface area contributed by atoms with Gasteiger partial charge in [-0.05, 0) is 6.92 Å². The van der Waals surface area contributed by atoms with E-state index >= 15 is 0 Å². The molecule has 3 nitrogen and oxygen atoms in total. The Labute approximate surface area is 97.2 Å². The molecule has 1 heterocycles. The molecule has 0 aromatic carbocycles. The first-order valence-electron chi connectivity index (χ1n) is 4.50. The summed E-state index contributed by atoms with van der Waals surface area (Å²) in [6.07, 6.45) is 0. The van der Waals surface area contributed by atoms with Gasteiger partial charge in [-0.3, -0.25) is 0 Å². The summed E-state index contributed by atoms with van der Waals surface area (Å²) in [6, 6.07) is 0. The van der Waals surface area contributed by atoms with Crippen LogP contribution in [0.25, 0.3) is 0 Å². The molecule has 0 aliphatic carbocycles. The summed E-state index contributed by atoms with van der Waals surface area (Å²) in [7, 11) is 1.72. The highest BCUT2D eigenvalue weighted by Crippen LogP contribution is 2.19. The molecular formula is C9H15BrN2OS. The van der Waals surface area contributed by atoms with Gasteiger partial charge >= 0.3 is 0 Å². The van der Waals surface area contributed by atoms with E-state index in [9.17, 15) is 0 Å². The van der Waals surface area contributed by atoms with E-state index in [1.165, 1.54) is 0 Å². The summed E-state index contributed by atoms with van der Waals surface area (Å²) in [5.74, 6) is 0. The summed E-state index contributed by atoms with van der Waals surface area (Å²) < 4.78 is 5.07. The number of halogens is 1. The van der Waals surface area contributed by atoms with Crippen molar-refractivity contribution < 1.29 is 4.74 Å². The predicted octanol–water partition coefficient (Wildman–Crippen LogP) is 2.30. The highest BCUT2D eigenvalue weighted by Gasteiger charge is 2.08. The molecule has 0 aliphatic rings. The Morgan fingerprint density at radius 1 is 1.57 bits per heavy atom. The largest absolute Gasteiger partial charge is 0.383 e. The van der Waals surface area contributed by atoms with Crippen molar-refractivity contribution in [3.05, 3.63) is 11.1 Å². The van der Waals surface area contributed by atoms with Gasteiger partial charge in [0.05, 0.1) is 12.3 Å². The zero-order valence-electron chi connectivity index (χ0n) is 8.49. The lowest BCUT2D eigenvalue weighted by Crippen LogP contribution is -2.28. The summed E-state index contributed by atoms with van der Waals surface area (Å²) in [4.78, 5) is 6.68. The van der Waals surface area contributed by atoms with Crippen molar-refractivity contribution in [1.82, 2.24) is 4.98 Å². The normalized spacial score (nSPS) is 10.5. The van der Waals surface area contributed by atoms with E-state index in [0.29, 0.717) is 0 Å². The molecular weight excluding hydrogens is 264 g/mol. The Kier molecular flexibility index (Phi) is 5.44. The molecule has 0 N–H and O–H groups in total. The van der Waals surface area contributed by atoms with Crippen molar-refractivity contribution in [1.29, 1.82) is 0 Å². The summed E-state index contributed by atoms with van der Waals surface area (Å²) >= 11 is 5.13. The lowest BCUT2D eigenvalue weighted by Gasteiger charge is -2.19. The second-order valence-electron chi connectivity index (χ2n) is 2.94. The molecule has 0 atom stereocenters. The second-order valence-corrected chi connectivity index (χ2v) is 4.57. The lowest BCUT2D eigenvalue weighted by molar-refractivity contribution is 0.205. The maximum Gasteiger partial charge on any atom is 0.185 e. The van der Waals surface area contributed by atoms with Crippen LogP contribution in [-0.2, 0) is 4.74 Å². The third-order valence-electron chi connectivity index (χ3n) is 1.80. The smallest absolute Gasteiger partial charge is 0.185 e. The quantitative estimate of drug-likeness (QED) is 0.747. The van der Waals surface area contributed by atoms with Crippen LogP contribution >= 0.6 is 27.3 Å². The summed E-state index contributed by atoms with van der Waals surface area (Å²) in [6.45, 7) is 4.62. The first kappa shape index (κ1) is 11.9. The van der Waals surface area contributed by atoms with Gasteiger partial charge in [-0.25, -0.2) is 4.98 Å². The first-order valence-corrected chi connectivity index (χ1v) is 6.50. The van der Waals surface area contributed by atoms with Gasteiger partial charge in [0.15, 0.2) is 5.13 Å². The minimum Gasteiger partial charge on any atom is -0.383 e. The number of rotatable bonds is 6. The first-order chi connectivity index (χ1) is 6.77. The predicted molar refractivity (Wildman–Crippen MR) is 64.7 cm³/mol. The zero-order chi connectivity index (χ0) is 10.4. The monoisotopic (exact) mass is 278 g/mol. The Morgan fingerprint density at radius 3 is 2.86 bits per heavy atom. The van der Waals surface area contributed by atoms with Crippen molar-refractivity contribution in [3.63, 3.8) is 0 Å². The fraction of sp³-hybridized carbons (Fsp3) is 0.667. The van der Waals surface area contributed by atoms with Gasteiger partial charge in [0.1, 0.15) is 0 Å². The molecule has 0 saturated heterocycles. The highest BCUT2D eigenvalue weighted by molar-refractivity contribution is 9.09. The van der Waals surface area contributed by atoms with Crippen molar-refractivity contribution in [2.45, 2.75) is 6.92 Å². The summed E-state index contributed by atoms with van der Waals surface area (Å²) in [5.41, 5.74) is 1.09. The van der Waals surface area contributed by atoms with Gasteiger partial charge in [-0.1, -0.05) is 15.9 Å².